The topological polar surface area (TPSA) is 92.7 Å². The molecule has 7 heteroatoms. The van der Waals surface area contributed by atoms with Crippen molar-refractivity contribution in [1.29, 1.82) is 0 Å². The van der Waals surface area contributed by atoms with E-state index < -0.39 is 5.91 Å². The Hall–Kier alpha value is -3.87. The molecule has 0 atom stereocenters. The SMILES string of the molecule is O=C(N/N=C/c1c(O)ccc2ccccc12)c1ccc(Cn2cccn2)o1. The molecule has 2 aromatic heterocycles. The fraction of sp³-hybridized carbons (Fsp3) is 0.0500. The maximum Gasteiger partial charge on any atom is 0.307 e. The highest BCUT2D eigenvalue weighted by molar-refractivity contribution is 6.02. The van der Waals surface area contributed by atoms with Crippen LogP contribution in [0.5, 0.6) is 5.75 Å². The Morgan fingerprint density at radius 1 is 1.19 bits per heavy atom. The number of nitrogens with one attached hydrogen (secondary N) is 1. The normalized spacial score (nSPS) is 11.3. The summed E-state index contributed by atoms with van der Waals surface area (Å²) >= 11 is 0. The highest BCUT2D eigenvalue weighted by Crippen LogP contribution is 2.25. The number of furan rings is 1. The molecule has 2 heterocycles. The molecule has 0 bridgehead atoms. The van der Waals surface area contributed by atoms with Gasteiger partial charge in [-0.3, -0.25) is 9.48 Å². The number of hydrazone groups is 1. The molecule has 0 fully saturated rings. The molecular formula is C20H16N4O3. The number of rotatable bonds is 5. The Balaban J connectivity index is 1.47. The van der Waals surface area contributed by atoms with E-state index in [-0.39, 0.29) is 11.5 Å². The van der Waals surface area contributed by atoms with Crippen LogP contribution >= 0.6 is 0 Å². The van der Waals surface area contributed by atoms with Crippen LogP contribution < -0.4 is 5.43 Å². The minimum atomic E-state index is -0.474. The lowest BCUT2D eigenvalue weighted by molar-refractivity contribution is 0.0925. The molecule has 0 saturated carbocycles. The molecule has 0 saturated heterocycles. The third-order valence-corrected chi connectivity index (χ3v) is 4.07. The molecule has 1 amide bonds. The molecule has 4 aromatic rings. The number of aromatic nitrogens is 2. The fourth-order valence-electron chi connectivity index (χ4n) is 2.77. The summed E-state index contributed by atoms with van der Waals surface area (Å²) in [4.78, 5) is 12.2. The van der Waals surface area contributed by atoms with Crippen molar-refractivity contribution in [3.05, 3.63) is 84.1 Å². The number of nitrogens with zero attached hydrogens (tertiary/aromatic N) is 3. The number of carbonyl (C=O) groups excluding carboxylic acids is 1. The Morgan fingerprint density at radius 2 is 2.07 bits per heavy atom. The van der Waals surface area contributed by atoms with Gasteiger partial charge < -0.3 is 9.52 Å². The number of benzene rings is 2. The summed E-state index contributed by atoms with van der Waals surface area (Å²) in [6.07, 6.45) is 4.90. The van der Waals surface area contributed by atoms with Gasteiger partial charge in [0.25, 0.3) is 0 Å². The van der Waals surface area contributed by atoms with Crippen molar-refractivity contribution in [2.75, 3.05) is 0 Å². The number of aromatic hydroxyl groups is 1. The van der Waals surface area contributed by atoms with Crippen molar-refractivity contribution < 1.29 is 14.3 Å². The van der Waals surface area contributed by atoms with Crippen LogP contribution in [0.25, 0.3) is 10.8 Å². The van der Waals surface area contributed by atoms with E-state index in [9.17, 15) is 9.90 Å². The van der Waals surface area contributed by atoms with Crippen LogP contribution in [0, 0.1) is 0 Å². The van der Waals surface area contributed by atoms with Gasteiger partial charge >= 0.3 is 5.91 Å². The Labute approximate surface area is 154 Å². The number of hydrogen-bond acceptors (Lipinski definition) is 5. The summed E-state index contributed by atoms with van der Waals surface area (Å²) in [7, 11) is 0. The number of hydrogen-bond donors (Lipinski definition) is 2. The van der Waals surface area contributed by atoms with Gasteiger partial charge in [-0.1, -0.05) is 30.3 Å². The molecule has 2 aromatic carbocycles. The standard InChI is InChI=1S/C20H16N4O3/c25-18-8-6-14-4-1-2-5-16(14)17(18)12-21-23-20(26)19-9-7-15(27-19)13-24-11-3-10-22-24/h1-12,25H,13H2,(H,23,26)/b21-12+. The summed E-state index contributed by atoms with van der Waals surface area (Å²) in [5.74, 6) is 0.375. The Bertz CT molecular complexity index is 1110. The van der Waals surface area contributed by atoms with E-state index in [4.69, 9.17) is 4.42 Å². The van der Waals surface area contributed by atoms with E-state index >= 15 is 0 Å². The first-order valence-electron chi connectivity index (χ1n) is 8.31. The van der Waals surface area contributed by atoms with Crippen molar-refractivity contribution in [1.82, 2.24) is 15.2 Å². The smallest absolute Gasteiger partial charge is 0.307 e. The summed E-state index contributed by atoms with van der Waals surface area (Å²) in [5, 5.41) is 19.9. The van der Waals surface area contributed by atoms with Crippen molar-refractivity contribution in [3.8, 4) is 5.75 Å². The summed E-state index contributed by atoms with van der Waals surface area (Å²) < 4.78 is 7.22. The lowest BCUT2D eigenvalue weighted by atomic mass is 10.0. The first-order chi connectivity index (χ1) is 13.2. The van der Waals surface area contributed by atoms with Crippen molar-refractivity contribution in [3.63, 3.8) is 0 Å². The lowest BCUT2D eigenvalue weighted by Gasteiger charge is -2.04. The van der Waals surface area contributed by atoms with Gasteiger partial charge in [-0.05, 0) is 35.0 Å². The van der Waals surface area contributed by atoms with Gasteiger partial charge in [0.1, 0.15) is 11.5 Å². The number of carbonyl (C=O) groups is 1. The van der Waals surface area contributed by atoms with Gasteiger partial charge in [0, 0.05) is 18.0 Å². The highest BCUT2D eigenvalue weighted by Gasteiger charge is 2.11. The fourth-order valence-corrected chi connectivity index (χ4v) is 2.77. The van der Waals surface area contributed by atoms with Crippen LogP contribution in [0.2, 0.25) is 0 Å². The molecule has 0 unspecified atom stereocenters. The minimum absolute atomic E-state index is 0.0891. The number of amides is 1. The van der Waals surface area contributed by atoms with Crippen LogP contribution in [0.1, 0.15) is 21.9 Å². The zero-order valence-electron chi connectivity index (χ0n) is 14.2. The second kappa shape index (κ2) is 7.17. The molecule has 0 spiro atoms. The van der Waals surface area contributed by atoms with Gasteiger partial charge in [0.2, 0.25) is 0 Å². The van der Waals surface area contributed by atoms with Gasteiger partial charge in [0.15, 0.2) is 5.76 Å². The lowest BCUT2D eigenvalue weighted by Crippen LogP contribution is -2.16. The molecule has 2 N–H and O–H groups in total. The van der Waals surface area contributed by atoms with Crippen molar-refractivity contribution >= 4 is 22.9 Å². The summed E-state index contributed by atoms with van der Waals surface area (Å²) in [6, 6.07) is 16.1. The summed E-state index contributed by atoms with van der Waals surface area (Å²) in [5.41, 5.74) is 2.95. The van der Waals surface area contributed by atoms with Crippen LogP contribution in [0.3, 0.4) is 0 Å². The predicted octanol–water partition coefficient (Wildman–Crippen LogP) is 3.15. The van der Waals surface area contributed by atoms with E-state index in [1.54, 1.807) is 29.1 Å². The zero-order chi connectivity index (χ0) is 18.6. The number of phenols is 1. The van der Waals surface area contributed by atoms with Crippen LogP contribution in [-0.2, 0) is 6.54 Å². The highest BCUT2D eigenvalue weighted by atomic mass is 16.4. The van der Waals surface area contributed by atoms with Crippen molar-refractivity contribution in [2.45, 2.75) is 6.54 Å². The van der Waals surface area contributed by atoms with Crippen LogP contribution in [-0.4, -0.2) is 27.0 Å². The quantitative estimate of drug-likeness (QED) is 0.422. The van der Waals surface area contributed by atoms with E-state index in [1.165, 1.54) is 6.21 Å². The van der Waals surface area contributed by atoms with Crippen molar-refractivity contribution in [2.24, 2.45) is 5.10 Å². The van der Waals surface area contributed by atoms with Crippen LogP contribution in [0.15, 0.2) is 76.5 Å². The average Bonchev–Trinajstić information content (AvgIpc) is 3.36. The molecular weight excluding hydrogens is 344 g/mol. The maximum atomic E-state index is 12.2. The minimum Gasteiger partial charge on any atom is -0.507 e. The molecule has 134 valence electrons. The van der Waals surface area contributed by atoms with Crippen LogP contribution in [0.4, 0.5) is 0 Å². The first kappa shape index (κ1) is 16.6. The molecule has 27 heavy (non-hydrogen) atoms. The number of fused-ring (bicyclic) bond motifs is 1. The molecule has 0 radical (unpaired) electrons. The van der Waals surface area contributed by atoms with Gasteiger partial charge in [-0.25, -0.2) is 5.43 Å². The summed E-state index contributed by atoms with van der Waals surface area (Å²) in [6.45, 7) is 0.438. The molecule has 4 rings (SSSR count). The molecule has 0 aliphatic heterocycles. The Kier molecular flexibility index (Phi) is 4.40. The average molecular weight is 360 g/mol. The third-order valence-electron chi connectivity index (χ3n) is 4.07. The molecule has 0 aliphatic rings. The largest absolute Gasteiger partial charge is 0.507 e. The number of phenolic OH excluding ortho intramolecular Hbond substituents is 1. The second-order valence-electron chi connectivity index (χ2n) is 5.89. The Morgan fingerprint density at radius 3 is 2.93 bits per heavy atom. The zero-order valence-corrected chi connectivity index (χ0v) is 14.2. The van der Waals surface area contributed by atoms with E-state index in [1.807, 2.05) is 42.6 Å². The van der Waals surface area contributed by atoms with E-state index in [0.717, 1.165) is 10.8 Å². The molecule has 7 nitrogen and oxygen atoms in total. The second-order valence-corrected chi connectivity index (χ2v) is 5.89. The maximum absolute atomic E-state index is 12.2. The van der Waals surface area contributed by atoms with E-state index in [0.29, 0.717) is 17.9 Å². The van der Waals surface area contributed by atoms with Gasteiger partial charge in [-0.15, -0.1) is 0 Å². The third kappa shape index (κ3) is 3.57. The van der Waals surface area contributed by atoms with Gasteiger partial charge in [-0.2, -0.15) is 10.2 Å². The first-order valence-corrected chi connectivity index (χ1v) is 8.31. The van der Waals surface area contributed by atoms with E-state index in [2.05, 4.69) is 15.6 Å². The predicted molar refractivity (Wildman–Crippen MR) is 101 cm³/mol. The molecule has 0 aliphatic carbocycles. The van der Waals surface area contributed by atoms with Gasteiger partial charge in [0.05, 0.1) is 12.8 Å². The monoisotopic (exact) mass is 360 g/mol.